The second-order valence-corrected chi connectivity index (χ2v) is 4.77. The van der Waals surface area contributed by atoms with E-state index in [4.69, 9.17) is 4.42 Å². The third-order valence-corrected chi connectivity index (χ3v) is 3.67. The predicted molar refractivity (Wildman–Crippen MR) is 60.1 cm³/mol. The zero-order valence-electron chi connectivity index (χ0n) is 9.19. The lowest BCUT2D eigenvalue weighted by atomic mass is 9.97. The van der Waals surface area contributed by atoms with Gasteiger partial charge in [-0.05, 0) is 31.7 Å². The number of piperidine rings is 1. The zero-order valence-corrected chi connectivity index (χ0v) is 9.19. The number of carbonyl (C=O) groups is 1. The molecule has 3 rings (SSSR count). The van der Waals surface area contributed by atoms with E-state index < -0.39 is 0 Å². The van der Waals surface area contributed by atoms with Gasteiger partial charge in [-0.25, -0.2) is 0 Å². The van der Waals surface area contributed by atoms with Gasteiger partial charge in [-0.2, -0.15) is 0 Å². The molecule has 0 N–H and O–H groups in total. The highest BCUT2D eigenvalue weighted by molar-refractivity contribution is 5.94. The van der Waals surface area contributed by atoms with Crippen molar-refractivity contribution >= 4 is 5.91 Å². The largest absolute Gasteiger partial charge is 0.472 e. The third kappa shape index (κ3) is 1.39. The van der Waals surface area contributed by atoms with Gasteiger partial charge < -0.3 is 9.32 Å². The fourth-order valence-corrected chi connectivity index (χ4v) is 2.98. The standard InChI is InChI=1S/C13H15NO2/c1-9-6-11-2-3-12(7-9)14(11)13(15)10-4-5-16-8-10/h4-5,8,11-12H,1-3,6-7H2. The van der Waals surface area contributed by atoms with Gasteiger partial charge in [0, 0.05) is 12.1 Å². The Kier molecular flexibility index (Phi) is 2.13. The van der Waals surface area contributed by atoms with Crippen LogP contribution in [0.5, 0.6) is 0 Å². The van der Waals surface area contributed by atoms with E-state index in [0.29, 0.717) is 17.6 Å². The lowest BCUT2D eigenvalue weighted by Gasteiger charge is -2.35. The molecular weight excluding hydrogens is 202 g/mol. The average Bonchev–Trinajstić information content (AvgIpc) is 2.85. The van der Waals surface area contributed by atoms with Crippen LogP contribution in [0.15, 0.2) is 35.2 Å². The van der Waals surface area contributed by atoms with Gasteiger partial charge in [0.2, 0.25) is 0 Å². The predicted octanol–water partition coefficient (Wildman–Crippen LogP) is 2.60. The summed E-state index contributed by atoms with van der Waals surface area (Å²) in [5.41, 5.74) is 1.97. The molecule has 0 aliphatic carbocycles. The molecule has 0 spiro atoms. The van der Waals surface area contributed by atoms with Gasteiger partial charge >= 0.3 is 0 Å². The summed E-state index contributed by atoms with van der Waals surface area (Å²) < 4.78 is 4.97. The zero-order chi connectivity index (χ0) is 11.1. The summed E-state index contributed by atoms with van der Waals surface area (Å²) >= 11 is 0. The maximum atomic E-state index is 12.3. The van der Waals surface area contributed by atoms with Crippen LogP contribution in [0.3, 0.4) is 0 Å². The smallest absolute Gasteiger partial charge is 0.257 e. The highest BCUT2D eigenvalue weighted by atomic mass is 16.3. The van der Waals surface area contributed by atoms with Crippen LogP contribution in [0.1, 0.15) is 36.0 Å². The van der Waals surface area contributed by atoms with Crippen LogP contribution < -0.4 is 0 Å². The first-order valence-electron chi connectivity index (χ1n) is 5.77. The number of hydrogen-bond donors (Lipinski definition) is 0. The maximum absolute atomic E-state index is 12.3. The van der Waals surface area contributed by atoms with Gasteiger partial charge in [0.05, 0.1) is 11.8 Å². The molecule has 2 saturated heterocycles. The van der Waals surface area contributed by atoms with Crippen molar-refractivity contribution in [2.75, 3.05) is 0 Å². The topological polar surface area (TPSA) is 33.5 Å². The highest BCUT2D eigenvalue weighted by Crippen LogP contribution is 2.38. The molecule has 0 radical (unpaired) electrons. The first kappa shape index (κ1) is 9.70. The monoisotopic (exact) mass is 217 g/mol. The van der Waals surface area contributed by atoms with Crippen molar-refractivity contribution in [3.8, 4) is 0 Å². The van der Waals surface area contributed by atoms with Crippen LogP contribution in [-0.2, 0) is 0 Å². The molecule has 2 unspecified atom stereocenters. The lowest BCUT2D eigenvalue weighted by Crippen LogP contribution is -2.44. The minimum Gasteiger partial charge on any atom is -0.472 e. The fraction of sp³-hybridized carbons (Fsp3) is 0.462. The Labute approximate surface area is 94.7 Å². The molecule has 2 aliphatic rings. The minimum absolute atomic E-state index is 0.119. The first-order chi connectivity index (χ1) is 7.75. The number of furan rings is 1. The summed E-state index contributed by atoms with van der Waals surface area (Å²) in [5.74, 6) is 0.119. The summed E-state index contributed by atoms with van der Waals surface area (Å²) in [7, 11) is 0. The molecule has 3 heteroatoms. The molecular formula is C13H15NO2. The Bertz CT molecular complexity index is 405. The van der Waals surface area contributed by atoms with Crippen LogP contribution in [0, 0.1) is 0 Å². The second kappa shape index (κ2) is 3.51. The molecule has 84 valence electrons. The van der Waals surface area contributed by atoms with Gasteiger partial charge in [-0.15, -0.1) is 0 Å². The Morgan fingerprint density at radius 2 is 2.06 bits per heavy atom. The van der Waals surface area contributed by atoms with E-state index in [-0.39, 0.29) is 5.91 Å². The third-order valence-electron chi connectivity index (χ3n) is 3.67. The first-order valence-corrected chi connectivity index (χ1v) is 5.77. The Morgan fingerprint density at radius 3 is 2.62 bits per heavy atom. The van der Waals surface area contributed by atoms with Crippen molar-refractivity contribution in [3.05, 3.63) is 36.3 Å². The summed E-state index contributed by atoms with van der Waals surface area (Å²) in [4.78, 5) is 14.3. The number of hydrogen-bond acceptors (Lipinski definition) is 2. The van der Waals surface area contributed by atoms with Gasteiger partial charge in [-0.1, -0.05) is 12.2 Å². The molecule has 1 aromatic rings. The van der Waals surface area contributed by atoms with Crippen LogP contribution in [0.2, 0.25) is 0 Å². The van der Waals surface area contributed by atoms with Crippen LogP contribution in [0.25, 0.3) is 0 Å². The van der Waals surface area contributed by atoms with Crippen molar-refractivity contribution in [1.82, 2.24) is 4.90 Å². The van der Waals surface area contributed by atoms with E-state index in [1.165, 1.54) is 11.8 Å². The molecule has 1 amide bonds. The molecule has 1 aromatic heterocycles. The average molecular weight is 217 g/mol. The SMILES string of the molecule is C=C1CC2CCC(C1)N2C(=O)c1ccoc1. The van der Waals surface area contributed by atoms with E-state index >= 15 is 0 Å². The Hall–Kier alpha value is -1.51. The summed E-state index contributed by atoms with van der Waals surface area (Å²) in [5, 5.41) is 0. The lowest BCUT2D eigenvalue weighted by molar-refractivity contribution is 0.0634. The quantitative estimate of drug-likeness (QED) is 0.677. The van der Waals surface area contributed by atoms with Gasteiger partial charge in [-0.3, -0.25) is 4.79 Å². The van der Waals surface area contributed by atoms with Crippen molar-refractivity contribution in [3.63, 3.8) is 0 Å². The van der Waals surface area contributed by atoms with Crippen LogP contribution in [-0.4, -0.2) is 22.9 Å². The van der Waals surface area contributed by atoms with Crippen molar-refractivity contribution in [2.45, 2.75) is 37.8 Å². The molecule has 2 atom stereocenters. The van der Waals surface area contributed by atoms with Gasteiger partial charge in [0.15, 0.2) is 0 Å². The molecule has 0 aromatic carbocycles. The maximum Gasteiger partial charge on any atom is 0.257 e. The molecule has 3 heterocycles. The van der Waals surface area contributed by atoms with Crippen molar-refractivity contribution in [2.24, 2.45) is 0 Å². The highest BCUT2D eigenvalue weighted by Gasteiger charge is 2.41. The second-order valence-electron chi connectivity index (χ2n) is 4.77. The number of carbonyl (C=O) groups excluding carboxylic acids is 1. The fourth-order valence-electron chi connectivity index (χ4n) is 2.98. The summed E-state index contributed by atoms with van der Waals surface area (Å²) in [6.45, 7) is 4.06. The normalized spacial score (nSPS) is 28.5. The molecule has 3 nitrogen and oxygen atoms in total. The Balaban J connectivity index is 1.86. The van der Waals surface area contributed by atoms with E-state index in [1.54, 1.807) is 12.3 Å². The molecule has 2 aliphatic heterocycles. The van der Waals surface area contributed by atoms with E-state index in [1.807, 2.05) is 4.90 Å². The number of rotatable bonds is 1. The van der Waals surface area contributed by atoms with E-state index in [2.05, 4.69) is 6.58 Å². The Morgan fingerprint density at radius 1 is 1.38 bits per heavy atom. The van der Waals surface area contributed by atoms with Crippen LogP contribution >= 0.6 is 0 Å². The van der Waals surface area contributed by atoms with Crippen molar-refractivity contribution in [1.29, 1.82) is 0 Å². The minimum atomic E-state index is 0.119. The number of fused-ring (bicyclic) bond motifs is 2. The summed E-state index contributed by atoms with van der Waals surface area (Å²) in [6.07, 6.45) is 7.27. The summed E-state index contributed by atoms with van der Waals surface area (Å²) in [6, 6.07) is 2.48. The number of nitrogens with zero attached hydrogens (tertiary/aromatic N) is 1. The molecule has 2 fully saturated rings. The van der Waals surface area contributed by atoms with Gasteiger partial charge in [0.1, 0.15) is 6.26 Å². The van der Waals surface area contributed by atoms with Crippen molar-refractivity contribution < 1.29 is 9.21 Å². The molecule has 2 bridgehead atoms. The van der Waals surface area contributed by atoms with Crippen LogP contribution in [0.4, 0.5) is 0 Å². The van der Waals surface area contributed by atoms with E-state index in [9.17, 15) is 4.79 Å². The number of amides is 1. The molecule has 0 saturated carbocycles. The van der Waals surface area contributed by atoms with E-state index in [0.717, 1.165) is 25.7 Å². The van der Waals surface area contributed by atoms with Gasteiger partial charge in [0.25, 0.3) is 5.91 Å². The molecule has 16 heavy (non-hydrogen) atoms.